The van der Waals surface area contributed by atoms with Crippen molar-refractivity contribution in [3.05, 3.63) is 29.8 Å². The van der Waals surface area contributed by atoms with Gasteiger partial charge in [-0.2, -0.15) is 0 Å². The Morgan fingerprint density at radius 3 is 2.56 bits per heavy atom. The molecule has 4 nitrogen and oxygen atoms in total. The lowest BCUT2D eigenvalue weighted by molar-refractivity contribution is -0.134. The Bertz CT molecular complexity index is 569. The van der Waals surface area contributed by atoms with Gasteiger partial charge < -0.3 is 15.0 Å². The molecule has 3 atom stereocenters. The number of amides is 1. The number of piperidine rings is 1. The van der Waals surface area contributed by atoms with Crippen molar-refractivity contribution >= 4 is 18.3 Å². The quantitative estimate of drug-likeness (QED) is 0.833. The lowest BCUT2D eigenvalue weighted by atomic mass is 9.98. The van der Waals surface area contributed by atoms with Crippen molar-refractivity contribution < 1.29 is 9.53 Å². The minimum absolute atomic E-state index is 0. The number of hydrogen-bond acceptors (Lipinski definition) is 3. The van der Waals surface area contributed by atoms with Gasteiger partial charge in [0, 0.05) is 25.2 Å². The summed E-state index contributed by atoms with van der Waals surface area (Å²) in [7, 11) is 1.93. The van der Waals surface area contributed by atoms with E-state index in [1.165, 1.54) is 18.4 Å². The number of hydrogen-bond donors (Lipinski definition) is 1. The molecule has 5 heteroatoms. The van der Waals surface area contributed by atoms with Crippen LogP contribution in [0.1, 0.15) is 57.4 Å². The molecule has 2 bridgehead atoms. The molecule has 1 amide bonds. The fourth-order valence-electron chi connectivity index (χ4n) is 4.03. The van der Waals surface area contributed by atoms with Crippen molar-refractivity contribution in [2.24, 2.45) is 0 Å². The monoisotopic (exact) mass is 366 g/mol. The van der Waals surface area contributed by atoms with Crippen LogP contribution >= 0.6 is 12.4 Å². The third-order valence-corrected chi connectivity index (χ3v) is 5.80. The highest BCUT2D eigenvalue weighted by atomic mass is 35.5. The molecule has 3 rings (SSSR count). The van der Waals surface area contributed by atoms with Crippen molar-refractivity contribution in [3.8, 4) is 5.75 Å². The first-order valence-corrected chi connectivity index (χ1v) is 9.32. The number of likely N-dealkylation sites (N-methyl/N-ethyl adjacent to an activating group) is 1. The van der Waals surface area contributed by atoms with E-state index in [0.29, 0.717) is 24.0 Å². The van der Waals surface area contributed by atoms with E-state index in [1.807, 2.05) is 30.1 Å². The molecule has 0 saturated carbocycles. The lowest BCUT2D eigenvalue weighted by Gasteiger charge is -2.35. The fraction of sp³-hybridized carbons (Fsp3) is 0.650. The van der Waals surface area contributed by atoms with Gasteiger partial charge in [0.15, 0.2) is 6.61 Å². The number of nitrogens with one attached hydrogen (secondary N) is 1. The number of halogens is 1. The van der Waals surface area contributed by atoms with Crippen LogP contribution in [-0.2, 0) is 4.79 Å². The molecule has 0 radical (unpaired) electrons. The molecule has 0 spiro atoms. The molecule has 140 valence electrons. The molecule has 0 aliphatic carbocycles. The number of para-hydroxylation sites is 1. The summed E-state index contributed by atoms with van der Waals surface area (Å²) in [6.45, 7) is 4.50. The largest absolute Gasteiger partial charge is 0.483 e. The number of rotatable bonds is 6. The molecule has 3 unspecified atom stereocenters. The van der Waals surface area contributed by atoms with E-state index in [2.05, 4.69) is 25.2 Å². The fourth-order valence-corrected chi connectivity index (χ4v) is 4.03. The van der Waals surface area contributed by atoms with Gasteiger partial charge in [-0.3, -0.25) is 4.79 Å². The summed E-state index contributed by atoms with van der Waals surface area (Å²) < 4.78 is 5.90. The summed E-state index contributed by atoms with van der Waals surface area (Å²) in [5.74, 6) is 1.37. The highest BCUT2D eigenvalue weighted by Crippen LogP contribution is 2.30. The Morgan fingerprint density at radius 2 is 1.92 bits per heavy atom. The second-order valence-electron chi connectivity index (χ2n) is 7.40. The minimum atomic E-state index is 0. The van der Waals surface area contributed by atoms with Crippen LogP contribution in [0.5, 0.6) is 5.75 Å². The molecular formula is C20H31ClN2O2. The molecule has 2 aliphatic heterocycles. The zero-order valence-electron chi connectivity index (χ0n) is 15.5. The Kier molecular flexibility index (Phi) is 7.14. The number of carbonyl (C=O) groups excluding carboxylic acids is 1. The van der Waals surface area contributed by atoms with Crippen LogP contribution < -0.4 is 10.1 Å². The second kappa shape index (κ2) is 8.91. The summed E-state index contributed by atoms with van der Waals surface area (Å²) in [4.78, 5) is 14.5. The third-order valence-electron chi connectivity index (χ3n) is 5.80. The molecule has 2 aliphatic rings. The van der Waals surface area contributed by atoms with E-state index in [9.17, 15) is 4.79 Å². The lowest BCUT2D eigenvalue weighted by Crippen LogP contribution is -2.49. The molecule has 25 heavy (non-hydrogen) atoms. The Morgan fingerprint density at radius 1 is 1.28 bits per heavy atom. The van der Waals surface area contributed by atoms with Crippen LogP contribution in [0, 0.1) is 0 Å². The van der Waals surface area contributed by atoms with E-state index in [-0.39, 0.29) is 24.9 Å². The number of fused-ring (bicyclic) bond motifs is 2. The molecular weight excluding hydrogens is 336 g/mol. The minimum Gasteiger partial charge on any atom is -0.483 e. The first-order chi connectivity index (χ1) is 11.6. The van der Waals surface area contributed by atoms with Gasteiger partial charge >= 0.3 is 0 Å². The standard InChI is InChI=1S/C20H30N2O2.ClH/c1-4-14(2)18-7-5-6-8-19(18)24-13-20(23)22(3)17-11-15-9-10-16(12-17)21-15;/h5-8,14-17,21H,4,9-13H2,1-3H3;1H. The predicted molar refractivity (Wildman–Crippen MR) is 104 cm³/mol. The van der Waals surface area contributed by atoms with E-state index in [4.69, 9.17) is 4.74 Å². The summed E-state index contributed by atoms with van der Waals surface area (Å²) in [6.07, 6.45) is 5.71. The summed E-state index contributed by atoms with van der Waals surface area (Å²) in [6, 6.07) is 9.62. The Hall–Kier alpha value is -1.26. The van der Waals surface area contributed by atoms with Gasteiger partial charge in [-0.15, -0.1) is 12.4 Å². The maximum Gasteiger partial charge on any atom is 0.260 e. The van der Waals surface area contributed by atoms with E-state index < -0.39 is 0 Å². The van der Waals surface area contributed by atoms with Gasteiger partial charge in [0.2, 0.25) is 0 Å². The maximum absolute atomic E-state index is 12.6. The summed E-state index contributed by atoms with van der Waals surface area (Å²) in [5, 5.41) is 3.63. The Labute approximate surface area is 157 Å². The molecule has 1 aromatic carbocycles. The predicted octanol–water partition coefficient (Wildman–Crippen LogP) is 3.74. The Balaban J connectivity index is 0.00000225. The average Bonchev–Trinajstić information content (AvgIpc) is 2.96. The van der Waals surface area contributed by atoms with Crippen molar-refractivity contribution in [3.63, 3.8) is 0 Å². The van der Waals surface area contributed by atoms with Crippen molar-refractivity contribution in [2.45, 2.75) is 70.0 Å². The van der Waals surface area contributed by atoms with Gasteiger partial charge in [0.1, 0.15) is 5.75 Å². The molecule has 2 fully saturated rings. The van der Waals surface area contributed by atoms with Crippen LogP contribution in [0.3, 0.4) is 0 Å². The van der Waals surface area contributed by atoms with Gasteiger partial charge in [0.05, 0.1) is 0 Å². The molecule has 2 saturated heterocycles. The molecule has 1 N–H and O–H groups in total. The zero-order valence-corrected chi connectivity index (χ0v) is 16.3. The van der Waals surface area contributed by atoms with E-state index >= 15 is 0 Å². The summed E-state index contributed by atoms with van der Waals surface area (Å²) in [5.41, 5.74) is 1.19. The SMILES string of the molecule is CCC(C)c1ccccc1OCC(=O)N(C)C1CC2CCC(C1)N2.Cl. The molecule has 1 aromatic rings. The second-order valence-corrected chi connectivity index (χ2v) is 7.40. The van der Waals surface area contributed by atoms with Crippen molar-refractivity contribution in [1.82, 2.24) is 10.2 Å². The van der Waals surface area contributed by atoms with Crippen molar-refractivity contribution in [2.75, 3.05) is 13.7 Å². The number of ether oxygens (including phenoxy) is 1. The smallest absolute Gasteiger partial charge is 0.260 e. The van der Waals surface area contributed by atoms with Crippen LogP contribution in [0.2, 0.25) is 0 Å². The van der Waals surface area contributed by atoms with Crippen molar-refractivity contribution in [1.29, 1.82) is 0 Å². The van der Waals surface area contributed by atoms with Crippen LogP contribution in [0.25, 0.3) is 0 Å². The number of benzene rings is 1. The van der Waals surface area contributed by atoms with Gasteiger partial charge in [0.25, 0.3) is 5.91 Å². The summed E-state index contributed by atoms with van der Waals surface area (Å²) >= 11 is 0. The highest BCUT2D eigenvalue weighted by molar-refractivity contribution is 5.85. The van der Waals surface area contributed by atoms with Crippen LogP contribution in [0.15, 0.2) is 24.3 Å². The van der Waals surface area contributed by atoms with Gasteiger partial charge in [-0.1, -0.05) is 32.0 Å². The molecule has 0 aromatic heterocycles. The van der Waals surface area contributed by atoms with E-state index in [0.717, 1.165) is 25.0 Å². The first kappa shape index (κ1) is 20.1. The topological polar surface area (TPSA) is 41.6 Å². The average molecular weight is 367 g/mol. The highest BCUT2D eigenvalue weighted by Gasteiger charge is 2.36. The third kappa shape index (κ3) is 4.68. The maximum atomic E-state index is 12.6. The van der Waals surface area contributed by atoms with Crippen LogP contribution in [-0.4, -0.2) is 42.6 Å². The van der Waals surface area contributed by atoms with Crippen LogP contribution in [0.4, 0.5) is 0 Å². The first-order valence-electron chi connectivity index (χ1n) is 9.32. The van der Waals surface area contributed by atoms with E-state index in [1.54, 1.807) is 0 Å². The molecule has 2 heterocycles. The van der Waals surface area contributed by atoms with Gasteiger partial charge in [-0.05, 0) is 49.7 Å². The van der Waals surface area contributed by atoms with Gasteiger partial charge in [-0.25, -0.2) is 0 Å². The normalized spacial score (nSPS) is 25.8. The number of carbonyl (C=O) groups is 1. The zero-order chi connectivity index (χ0) is 17.1. The number of nitrogens with zero attached hydrogens (tertiary/aromatic N) is 1.